The van der Waals surface area contributed by atoms with E-state index in [4.69, 9.17) is 0 Å². The van der Waals surface area contributed by atoms with Crippen molar-refractivity contribution in [1.29, 1.82) is 0 Å². The molecule has 0 radical (unpaired) electrons. The topological polar surface area (TPSA) is 58.2 Å². The maximum absolute atomic E-state index is 13.1. The molecule has 0 atom stereocenters. The highest BCUT2D eigenvalue weighted by Crippen LogP contribution is 2.23. The summed E-state index contributed by atoms with van der Waals surface area (Å²) in [6.45, 7) is 4.43. The second-order valence-corrected chi connectivity index (χ2v) is 7.67. The molecule has 6 heteroatoms. The molecule has 0 aliphatic carbocycles. The van der Waals surface area contributed by atoms with Gasteiger partial charge in [0.05, 0.1) is 13.0 Å². The molecule has 0 unspecified atom stereocenters. The first-order valence-electron chi connectivity index (χ1n) is 8.30. The minimum absolute atomic E-state index is 0.0371. The summed E-state index contributed by atoms with van der Waals surface area (Å²) in [5.74, 6) is -0.969. The van der Waals surface area contributed by atoms with E-state index in [1.807, 2.05) is 38.1 Å². The van der Waals surface area contributed by atoms with E-state index in [2.05, 4.69) is 26.6 Å². The number of carbonyl (C=O) groups excluding carboxylic acids is 2. The molecule has 138 valence electrons. The van der Waals surface area contributed by atoms with Gasteiger partial charge in [-0.25, -0.2) is 4.39 Å². The molecular weight excluding hydrogens is 399 g/mol. The van der Waals surface area contributed by atoms with E-state index in [0.29, 0.717) is 12.1 Å². The Morgan fingerprint density at radius 2 is 1.73 bits per heavy atom. The van der Waals surface area contributed by atoms with Crippen molar-refractivity contribution in [1.82, 2.24) is 10.6 Å². The number of benzene rings is 2. The number of carbonyl (C=O) groups is 2. The minimum atomic E-state index is -0.386. The van der Waals surface area contributed by atoms with Gasteiger partial charge in [-0.15, -0.1) is 0 Å². The Hall–Kier alpha value is -2.21. The fraction of sp³-hybridized carbons (Fsp3) is 0.300. The molecule has 0 saturated heterocycles. The Morgan fingerprint density at radius 1 is 1.04 bits per heavy atom. The van der Waals surface area contributed by atoms with E-state index in [9.17, 15) is 14.0 Å². The Morgan fingerprint density at radius 3 is 2.38 bits per heavy atom. The van der Waals surface area contributed by atoms with Gasteiger partial charge in [-0.1, -0.05) is 54.0 Å². The zero-order chi connectivity index (χ0) is 19.2. The molecule has 4 nitrogen and oxygen atoms in total. The first-order valence-corrected chi connectivity index (χ1v) is 9.09. The second-order valence-electron chi connectivity index (χ2n) is 6.75. The van der Waals surface area contributed by atoms with Crippen LogP contribution in [0.15, 0.2) is 53.0 Å². The molecule has 0 spiro atoms. The van der Waals surface area contributed by atoms with Gasteiger partial charge >= 0.3 is 0 Å². The lowest BCUT2D eigenvalue weighted by atomic mass is 9.84. The number of hydrogen-bond acceptors (Lipinski definition) is 2. The molecule has 0 aliphatic heterocycles. The first kappa shape index (κ1) is 20.1. The largest absolute Gasteiger partial charge is 0.354 e. The van der Waals surface area contributed by atoms with Crippen molar-refractivity contribution in [3.8, 4) is 0 Å². The van der Waals surface area contributed by atoms with E-state index in [-0.39, 0.29) is 36.0 Å². The highest BCUT2D eigenvalue weighted by molar-refractivity contribution is 9.10. The van der Waals surface area contributed by atoms with Crippen LogP contribution in [0.5, 0.6) is 0 Å². The molecule has 0 fully saturated rings. The third-order valence-corrected chi connectivity index (χ3v) is 4.58. The van der Waals surface area contributed by atoms with E-state index >= 15 is 0 Å². The highest BCUT2D eigenvalue weighted by Gasteiger charge is 2.21. The molecule has 0 heterocycles. The average Bonchev–Trinajstić information content (AvgIpc) is 2.59. The predicted octanol–water partition coefficient (Wildman–Crippen LogP) is 3.34. The minimum Gasteiger partial charge on any atom is -0.354 e. The van der Waals surface area contributed by atoms with Crippen molar-refractivity contribution in [3.05, 3.63) is 69.9 Å². The van der Waals surface area contributed by atoms with Crippen molar-refractivity contribution in [2.24, 2.45) is 0 Å². The normalized spacial score (nSPS) is 11.1. The first-order chi connectivity index (χ1) is 12.3. The summed E-state index contributed by atoms with van der Waals surface area (Å²) in [5.41, 5.74) is 1.44. The van der Waals surface area contributed by atoms with Crippen LogP contribution in [0.1, 0.15) is 25.0 Å². The molecule has 2 rings (SSSR count). The van der Waals surface area contributed by atoms with Crippen LogP contribution in [0.4, 0.5) is 4.39 Å². The zero-order valence-corrected chi connectivity index (χ0v) is 16.4. The Kier molecular flexibility index (Phi) is 6.91. The third kappa shape index (κ3) is 6.26. The van der Waals surface area contributed by atoms with Crippen molar-refractivity contribution < 1.29 is 14.0 Å². The molecule has 0 bridgehead atoms. The van der Waals surface area contributed by atoms with Gasteiger partial charge in [-0.2, -0.15) is 0 Å². The lowest BCUT2D eigenvalue weighted by Gasteiger charge is -2.25. The summed E-state index contributed by atoms with van der Waals surface area (Å²) < 4.78 is 14.1. The van der Waals surface area contributed by atoms with Crippen LogP contribution in [0, 0.1) is 5.82 Å². The quantitative estimate of drug-likeness (QED) is 0.721. The van der Waals surface area contributed by atoms with Crippen molar-refractivity contribution in [2.75, 3.05) is 13.1 Å². The molecule has 2 aromatic carbocycles. The SMILES string of the molecule is CC(C)(CNC(=O)CNC(=O)Cc1cccc(F)c1)c1ccc(Br)cc1. The summed E-state index contributed by atoms with van der Waals surface area (Å²) in [4.78, 5) is 23.9. The van der Waals surface area contributed by atoms with Gasteiger partial charge in [0.25, 0.3) is 0 Å². The van der Waals surface area contributed by atoms with Crippen LogP contribution in [0.25, 0.3) is 0 Å². The number of rotatable bonds is 7. The molecule has 2 N–H and O–H groups in total. The van der Waals surface area contributed by atoms with Crippen LogP contribution >= 0.6 is 15.9 Å². The van der Waals surface area contributed by atoms with Gasteiger partial charge in [0, 0.05) is 16.4 Å². The Balaban J connectivity index is 1.77. The number of nitrogens with one attached hydrogen (secondary N) is 2. The molecule has 2 aromatic rings. The van der Waals surface area contributed by atoms with Crippen LogP contribution in [0.3, 0.4) is 0 Å². The summed E-state index contributed by atoms with van der Waals surface area (Å²) in [6, 6.07) is 13.8. The monoisotopic (exact) mass is 420 g/mol. The Labute approximate surface area is 161 Å². The van der Waals surface area contributed by atoms with Crippen molar-refractivity contribution in [3.63, 3.8) is 0 Å². The fourth-order valence-electron chi connectivity index (χ4n) is 2.46. The molecule has 26 heavy (non-hydrogen) atoms. The van der Waals surface area contributed by atoms with E-state index < -0.39 is 0 Å². The van der Waals surface area contributed by atoms with E-state index in [1.165, 1.54) is 12.1 Å². The maximum atomic E-state index is 13.1. The fourth-order valence-corrected chi connectivity index (χ4v) is 2.72. The Bertz CT molecular complexity index is 776. The van der Waals surface area contributed by atoms with E-state index in [0.717, 1.165) is 10.0 Å². The number of hydrogen-bond donors (Lipinski definition) is 2. The van der Waals surface area contributed by atoms with Gasteiger partial charge in [0.2, 0.25) is 11.8 Å². The van der Waals surface area contributed by atoms with Gasteiger partial charge < -0.3 is 10.6 Å². The van der Waals surface area contributed by atoms with Crippen LogP contribution in [-0.4, -0.2) is 24.9 Å². The van der Waals surface area contributed by atoms with Crippen molar-refractivity contribution >= 4 is 27.7 Å². The average molecular weight is 421 g/mol. The standard InChI is InChI=1S/C20H22BrFN2O2/c1-20(2,15-6-8-16(21)9-7-15)13-24-19(26)12-23-18(25)11-14-4-3-5-17(22)10-14/h3-10H,11-13H2,1-2H3,(H,23,25)(H,24,26). The summed E-state index contributed by atoms with van der Waals surface area (Å²) in [7, 11) is 0. The summed E-state index contributed by atoms with van der Waals surface area (Å²) in [5, 5.41) is 5.39. The van der Waals surface area contributed by atoms with Crippen LogP contribution in [-0.2, 0) is 21.4 Å². The zero-order valence-electron chi connectivity index (χ0n) is 14.8. The molecule has 2 amide bonds. The van der Waals surface area contributed by atoms with E-state index in [1.54, 1.807) is 12.1 Å². The number of amides is 2. The number of halogens is 2. The molecule has 0 saturated carbocycles. The molecule has 0 aromatic heterocycles. The van der Waals surface area contributed by atoms with Gasteiger partial charge in [-0.05, 0) is 35.4 Å². The third-order valence-electron chi connectivity index (χ3n) is 4.05. The van der Waals surface area contributed by atoms with Gasteiger partial charge in [0.15, 0.2) is 0 Å². The van der Waals surface area contributed by atoms with Gasteiger partial charge in [-0.3, -0.25) is 9.59 Å². The van der Waals surface area contributed by atoms with Crippen LogP contribution < -0.4 is 10.6 Å². The summed E-state index contributed by atoms with van der Waals surface area (Å²) >= 11 is 3.41. The second kappa shape index (κ2) is 8.94. The predicted molar refractivity (Wildman–Crippen MR) is 103 cm³/mol. The molecular formula is C20H22BrFN2O2. The maximum Gasteiger partial charge on any atom is 0.239 e. The van der Waals surface area contributed by atoms with Crippen molar-refractivity contribution in [2.45, 2.75) is 25.7 Å². The lowest BCUT2D eigenvalue weighted by Crippen LogP contribution is -2.42. The van der Waals surface area contributed by atoms with Gasteiger partial charge in [0.1, 0.15) is 5.82 Å². The van der Waals surface area contributed by atoms with Crippen LogP contribution in [0.2, 0.25) is 0 Å². The molecule has 0 aliphatic rings. The highest BCUT2D eigenvalue weighted by atomic mass is 79.9. The smallest absolute Gasteiger partial charge is 0.239 e. The lowest BCUT2D eigenvalue weighted by molar-refractivity contribution is -0.125. The summed E-state index contributed by atoms with van der Waals surface area (Å²) in [6.07, 6.45) is 0.0371.